The molecule has 32 heavy (non-hydrogen) atoms. The number of terminal acetylenes is 1. The number of hydrogen-bond donors (Lipinski definition) is 0. The van der Waals surface area contributed by atoms with Crippen LogP contribution in [-0.2, 0) is 4.74 Å². The van der Waals surface area contributed by atoms with Gasteiger partial charge in [0.1, 0.15) is 0 Å². The zero-order valence-electron chi connectivity index (χ0n) is 18.1. The fraction of sp³-hybridized carbons (Fsp3) is 0.207. The van der Waals surface area contributed by atoms with Crippen LogP contribution in [0.5, 0.6) is 0 Å². The minimum absolute atomic E-state index is 0.0452. The average molecular weight is 438 g/mol. The smallest absolute Gasteiger partial charge is 0.339 e. The highest BCUT2D eigenvalue weighted by molar-refractivity contribution is 7.50. The normalized spacial score (nSPS) is 17.7. The van der Waals surface area contributed by atoms with Crippen LogP contribution in [-0.4, -0.2) is 11.6 Å². The monoisotopic (exact) mass is 437 g/mol. The summed E-state index contributed by atoms with van der Waals surface area (Å²) in [4.78, 5) is 14.3. The van der Waals surface area contributed by atoms with E-state index in [9.17, 15) is 4.79 Å². The van der Waals surface area contributed by atoms with E-state index in [2.05, 4.69) is 72.7 Å². The van der Waals surface area contributed by atoms with Crippen molar-refractivity contribution in [2.24, 2.45) is 5.92 Å². The Morgan fingerprint density at radius 1 is 1.03 bits per heavy atom. The topological polar surface area (TPSA) is 26.3 Å². The van der Waals surface area contributed by atoms with Gasteiger partial charge in [-0.3, -0.25) is 0 Å². The van der Waals surface area contributed by atoms with Crippen LogP contribution in [0.4, 0.5) is 0 Å². The highest BCUT2D eigenvalue weighted by atomic mass is 32.2. The molecule has 1 aromatic heterocycles. The number of hydrogen-bond acceptors (Lipinski definition) is 2. The fourth-order valence-corrected chi connectivity index (χ4v) is 7.02. The molecule has 1 heterocycles. The zero-order valence-corrected chi connectivity index (χ0v) is 18.9. The van der Waals surface area contributed by atoms with E-state index in [1.54, 1.807) is 0 Å². The van der Waals surface area contributed by atoms with Crippen molar-refractivity contribution in [3.8, 4) is 17.2 Å². The molecule has 1 aliphatic rings. The molecule has 3 aromatic carbocycles. The van der Waals surface area contributed by atoms with E-state index in [-0.39, 0.29) is 22.4 Å². The fourth-order valence-electron chi connectivity index (χ4n) is 4.59. The first kappa shape index (κ1) is 20.5. The Hall–Kier alpha value is -3.35. The number of allylic oxidation sites excluding steroid dienone is 1. The molecule has 0 N–H and O–H groups in total. The number of ether oxygens (including phenoxy) is 1. The van der Waals surface area contributed by atoms with Gasteiger partial charge < -0.3 is 4.74 Å². The molecule has 158 valence electrons. The molecule has 0 radical (unpaired) electrons. The Morgan fingerprint density at radius 2 is 1.72 bits per heavy atom. The molecular weight excluding hydrogens is 412 g/mol. The predicted octanol–water partition coefficient (Wildman–Crippen LogP) is 7.64. The van der Waals surface area contributed by atoms with Crippen molar-refractivity contribution in [2.45, 2.75) is 31.8 Å². The van der Waals surface area contributed by atoms with Gasteiger partial charge in [0.05, 0.1) is 5.56 Å². The van der Waals surface area contributed by atoms with Gasteiger partial charge in [0.25, 0.3) is 0 Å². The van der Waals surface area contributed by atoms with Crippen LogP contribution >= 0.6 is 10.5 Å². The first-order chi connectivity index (χ1) is 15.6. The molecule has 2 nitrogen and oxygen atoms in total. The molecule has 1 aliphatic carbocycles. The minimum atomic E-state index is -0.946. The van der Waals surface area contributed by atoms with Gasteiger partial charge >= 0.3 is 5.97 Å². The maximum atomic E-state index is 13.2. The predicted molar refractivity (Wildman–Crippen MR) is 134 cm³/mol. The van der Waals surface area contributed by atoms with Crippen molar-refractivity contribution >= 4 is 36.6 Å². The lowest BCUT2D eigenvalue weighted by atomic mass is 9.82. The summed E-state index contributed by atoms with van der Waals surface area (Å²) in [6.45, 7) is 1.85. The van der Waals surface area contributed by atoms with Crippen molar-refractivity contribution in [1.82, 2.24) is 0 Å². The second-order valence-corrected chi connectivity index (χ2v) is 10.4. The van der Waals surface area contributed by atoms with Gasteiger partial charge in [0.2, 0.25) is 0 Å². The summed E-state index contributed by atoms with van der Waals surface area (Å²) in [7, 11) is -0.256. The molecule has 0 saturated carbocycles. The number of fused-ring (bicyclic) bond motifs is 3. The Balaban J connectivity index is 1.54. The molecule has 2 unspecified atom stereocenters. The lowest BCUT2D eigenvalue weighted by Crippen LogP contribution is -2.38. The Morgan fingerprint density at radius 3 is 2.34 bits per heavy atom. The van der Waals surface area contributed by atoms with E-state index in [0.717, 1.165) is 24.2 Å². The van der Waals surface area contributed by atoms with Gasteiger partial charge in [0, 0.05) is 33.2 Å². The van der Waals surface area contributed by atoms with E-state index < -0.39 is 5.60 Å². The van der Waals surface area contributed by atoms with Crippen molar-refractivity contribution in [2.75, 3.05) is 0 Å². The summed E-state index contributed by atoms with van der Waals surface area (Å²) in [6, 6.07) is 24.9. The second kappa shape index (κ2) is 8.30. The first-order valence-corrected chi connectivity index (χ1v) is 12.2. The van der Waals surface area contributed by atoms with Crippen LogP contribution in [0.1, 0.15) is 36.5 Å². The lowest BCUT2D eigenvalue weighted by Gasteiger charge is -2.32. The highest BCUT2D eigenvalue weighted by Crippen LogP contribution is 2.48. The van der Waals surface area contributed by atoms with Gasteiger partial charge in [-0.05, 0) is 62.6 Å². The van der Waals surface area contributed by atoms with E-state index in [1.807, 2.05) is 25.1 Å². The summed E-state index contributed by atoms with van der Waals surface area (Å²) in [5.74, 6) is 2.43. The van der Waals surface area contributed by atoms with E-state index in [4.69, 9.17) is 11.2 Å². The minimum Gasteiger partial charge on any atom is -0.442 e. The molecule has 4 aromatic rings. The number of thiophene rings is 1. The van der Waals surface area contributed by atoms with E-state index in [1.165, 1.54) is 20.2 Å². The summed E-state index contributed by atoms with van der Waals surface area (Å²) in [5.41, 5.74) is -0.406. The van der Waals surface area contributed by atoms with Gasteiger partial charge in [-0.1, -0.05) is 48.4 Å². The molecule has 3 heteroatoms. The standard InChI is InChI=1S/C29H25O2S/c1-3-29(2,22-13-5-4-6-14-22)31-28(30)21-12-11-15-23(20-21)32-26-18-9-7-16-24(26)25-17-8-10-19-27(25)32/h1,5,7-13,15-20,22H,4,6,14H2,2H3/q+1. The summed E-state index contributed by atoms with van der Waals surface area (Å²) < 4.78 is 8.53. The summed E-state index contributed by atoms with van der Waals surface area (Å²) in [6.07, 6.45) is 13.1. The molecule has 5 rings (SSSR count). The van der Waals surface area contributed by atoms with E-state index in [0.29, 0.717) is 5.56 Å². The van der Waals surface area contributed by atoms with Gasteiger partial charge in [-0.25, -0.2) is 4.79 Å². The van der Waals surface area contributed by atoms with Gasteiger partial charge in [-0.2, -0.15) is 0 Å². The number of carbonyl (C=O) groups excluding carboxylic acids is 1. The molecule has 0 aliphatic heterocycles. The first-order valence-electron chi connectivity index (χ1n) is 11.0. The van der Waals surface area contributed by atoms with Crippen LogP contribution in [0.2, 0.25) is 0 Å². The third-order valence-electron chi connectivity index (χ3n) is 6.36. The number of esters is 1. The number of benzene rings is 3. The Kier molecular flexibility index (Phi) is 5.33. The maximum absolute atomic E-state index is 13.2. The van der Waals surface area contributed by atoms with Crippen molar-refractivity contribution < 1.29 is 9.53 Å². The van der Waals surface area contributed by atoms with Gasteiger partial charge in [0.15, 0.2) is 19.9 Å². The molecule has 2 atom stereocenters. The molecule has 0 spiro atoms. The summed E-state index contributed by atoms with van der Waals surface area (Å²) >= 11 is 0. The molecule has 0 saturated heterocycles. The largest absolute Gasteiger partial charge is 0.442 e. The van der Waals surface area contributed by atoms with Crippen LogP contribution in [0.15, 0.2) is 84.9 Å². The third kappa shape index (κ3) is 3.51. The summed E-state index contributed by atoms with van der Waals surface area (Å²) in [5, 5.41) is 2.53. The average Bonchev–Trinajstić information content (AvgIpc) is 3.19. The molecule has 0 bridgehead atoms. The number of carbonyl (C=O) groups is 1. The van der Waals surface area contributed by atoms with Crippen LogP contribution in [0, 0.1) is 18.3 Å². The Labute approximate surface area is 191 Å². The molecule has 0 fully saturated rings. The highest BCUT2D eigenvalue weighted by Gasteiger charge is 2.36. The third-order valence-corrected chi connectivity index (χ3v) is 8.68. The van der Waals surface area contributed by atoms with Crippen LogP contribution in [0.3, 0.4) is 0 Å². The van der Waals surface area contributed by atoms with Crippen molar-refractivity contribution in [1.29, 1.82) is 0 Å². The molecule has 0 amide bonds. The second-order valence-electron chi connectivity index (χ2n) is 8.43. The lowest BCUT2D eigenvalue weighted by molar-refractivity contribution is -0.00291. The van der Waals surface area contributed by atoms with Crippen molar-refractivity contribution in [3.05, 3.63) is 90.5 Å². The van der Waals surface area contributed by atoms with Gasteiger partial charge in [-0.15, -0.1) is 6.42 Å². The Bertz CT molecular complexity index is 1330. The SMILES string of the molecule is C#CC(C)(OC(=O)c1cccc(-[s+]2c3ccccc3c3ccccc32)c1)C1C=CCCC1. The number of rotatable bonds is 4. The molecular formula is C29H25O2S+. The quantitative estimate of drug-likeness (QED) is 0.142. The zero-order chi connectivity index (χ0) is 22.1. The van der Waals surface area contributed by atoms with E-state index >= 15 is 0 Å². The van der Waals surface area contributed by atoms with Crippen LogP contribution in [0.25, 0.3) is 25.1 Å². The van der Waals surface area contributed by atoms with Crippen molar-refractivity contribution in [3.63, 3.8) is 0 Å². The maximum Gasteiger partial charge on any atom is 0.339 e. The van der Waals surface area contributed by atoms with Crippen LogP contribution < -0.4 is 0 Å².